The molecule has 2 aromatic heterocycles. The standard InChI is InChI=1S/C45H54N8O6/c1-22(2)38(50-44(56)58-5)42(54)52-34-15-28(34)17-36(52)40-46-20-32(48-40)26-11-7-24(8-12-26)30-19-31(30)25-9-13-27(14-10-25)33-21-47-41(49-33)37-18-29-16-35(29)53(37)43(55)39(23(3)4)51-45(57)59-6/h7-14,20-23,28-31,34-39H,15-19H2,1-6H3,(H,46,48)(H,47,49)(H,50,56)(H,51,57)/t28-,29-,30-,31?,34-,35-,36+,37+,38+,39+/m1/s1. The lowest BCUT2D eigenvalue weighted by Crippen LogP contribution is -2.52. The van der Waals surface area contributed by atoms with Crippen molar-refractivity contribution in [3.8, 4) is 22.5 Å². The summed E-state index contributed by atoms with van der Waals surface area (Å²) in [6, 6.07) is 16.1. The third-order valence-corrected chi connectivity index (χ3v) is 13.4. The molecule has 4 heterocycles. The zero-order valence-electron chi connectivity index (χ0n) is 34.5. The Morgan fingerprint density at radius 3 is 1.36 bits per heavy atom. The summed E-state index contributed by atoms with van der Waals surface area (Å²) < 4.78 is 9.60. The molecule has 2 saturated heterocycles. The number of nitrogens with one attached hydrogen (secondary N) is 4. The van der Waals surface area contributed by atoms with E-state index >= 15 is 0 Å². The number of fused-ring (bicyclic) bond motifs is 2. The lowest BCUT2D eigenvalue weighted by Gasteiger charge is -2.31. The van der Waals surface area contributed by atoms with Crippen LogP contribution in [0.1, 0.15) is 106 Å². The maximum atomic E-state index is 13.8. The Morgan fingerprint density at radius 2 is 1.00 bits per heavy atom. The van der Waals surface area contributed by atoms with Crippen LogP contribution in [0.25, 0.3) is 22.5 Å². The van der Waals surface area contributed by atoms with Crippen LogP contribution in [-0.4, -0.2) is 92.1 Å². The first-order valence-corrected chi connectivity index (χ1v) is 21.1. The van der Waals surface area contributed by atoms with Gasteiger partial charge in [-0.05, 0) is 89.9 Å². The van der Waals surface area contributed by atoms with Crippen molar-refractivity contribution >= 4 is 24.0 Å². The van der Waals surface area contributed by atoms with Crippen molar-refractivity contribution in [2.45, 2.75) is 108 Å². The second kappa shape index (κ2) is 15.2. The Balaban J connectivity index is 0.827. The molecule has 4 N–H and O–H groups in total. The van der Waals surface area contributed by atoms with Crippen LogP contribution in [0.2, 0.25) is 0 Å². The van der Waals surface area contributed by atoms with Crippen LogP contribution >= 0.6 is 0 Å². The van der Waals surface area contributed by atoms with Crippen molar-refractivity contribution in [3.05, 3.63) is 83.7 Å². The number of H-pyrrole nitrogens is 2. The highest BCUT2D eigenvalue weighted by molar-refractivity contribution is 5.88. The van der Waals surface area contributed by atoms with Gasteiger partial charge in [0, 0.05) is 12.1 Å². The van der Waals surface area contributed by atoms with E-state index in [4.69, 9.17) is 19.4 Å². The number of benzene rings is 2. The van der Waals surface area contributed by atoms with Crippen LogP contribution in [0.5, 0.6) is 0 Å². The summed E-state index contributed by atoms with van der Waals surface area (Å²) in [5.41, 5.74) is 6.53. The normalized spacial score (nSPS) is 27.2. The van der Waals surface area contributed by atoms with Gasteiger partial charge in [0.1, 0.15) is 23.7 Å². The fourth-order valence-corrected chi connectivity index (χ4v) is 9.81. The highest BCUT2D eigenvalue weighted by atomic mass is 16.5. The van der Waals surface area contributed by atoms with Gasteiger partial charge in [0.2, 0.25) is 11.8 Å². The van der Waals surface area contributed by atoms with Crippen molar-refractivity contribution in [1.29, 1.82) is 0 Å². The van der Waals surface area contributed by atoms with Gasteiger partial charge < -0.3 is 39.9 Å². The van der Waals surface area contributed by atoms with E-state index in [1.807, 2.05) is 49.9 Å². The van der Waals surface area contributed by atoms with Crippen LogP contribution in [0.15, 0.2) is 60.9 Å². The predicted octanol–water partition coefficient (Wildman–Crippen LogP) is 6.82. The Bertz CT molecular complexity index is 2080. The molecule has 3 saturated carbocycles. The average molecular weight is 803 g/mol. The molecule has 0 radical (unpaired) electrons. The molecule has 4 amide bonds. The molecule has 9 rings (SSSR count). The van der Waals surface area contributed by atoms with E-state index in [0.717, 1.165) is 66.3 Å². The molecule has 3 aliphatic carbocycles. The number of nitrogens with zero attached hydrogens (tertiary/aromatic N) is 4. The minimum absolute atomic E-state index is 0.0864. The van der Waals surface area contributed by atoms with Crippen molar-refractivity contribution in [3.63, 3.8) is 0 Å². The summed E-state index contributed by atoms with van der Waals surface area (Å²) in [6.45, 7) is 7.71. The minimum Gasteiger partial charge on any atom is -0.453 e. The third-order valence-electron chi connectivity index (χ3n) is 13.4. The summed E-state index contributed by atoms with van der Waals surface area (Å²) in [6.07, 6.45) is 7.29. The number of likely N-dealkylation sites (tertiary alicyclic amines) is 2. The Labute approximate surface area is 344 Å². The van der Waals surface area contributed by atoms with Crippen LogP contribution in [-0.2, 0) is 19.1 Å². The maximum absolute atomic E-state index is 13.8. The van der Waals surface area contributed by atoms with E-state index in [1.165, 1.54) is 25.3 Å². The summed E-state index contributed by atoms with van der Waals surface area (Å²) in [5.74, 6) is 3.03. The lowest BCUT2D eigenvalue weighted by atomic mass is 10.0. The first kappa shape index (κ1) is 38.8. The molecule has 1 unspecified atom stereocenters. The largest absolute Gasteiger partial charge is 0.453 e. The lowest BCUT2D eigenvalue weighted by molar-refractivity contribution is -0.137. The molecule has 310 valence electrons. The van der Waals surface area contributed by atoms with Gasteiger partial charge in [0.15, 0.2) is 0 Å². The number of methoxy groups -OCH3 is 2. The van der Waals surface area contributed by atoms with Crippen molar-refractivity contribution in [2.24, 2.45) is 23.7 Å². The van der Waals surface area contributed by atoms with Gasteiger partial charge in [-0.25, -0.2) is 19.6 Å². The SMILES string of the molecule is COC(=O)N[C@H](C(=O)N1[C@@H]2C[C@@H]2C[C@H]1c1ncc(-c2ccc(C3C[C@@H]3c3ccc(-c4cnc([C@@H]5C[C@H]6C[C@H]6N5C(=O)[C@@H](NC(=O)OC)C(C)C)[nH]4)cc3)cc2)[nH]1)C(C)C. The summed E-state index contributed by atoms with van der Waals surface area (Å²) in [7, 11) is 2.62. The number of hydrogen-bond acceptors (Lipinski definition) is 8. The van der Waals surface area contributed by atoms with E-state index in [2.05, 4.69) is 69.1 Å². The molecule has 10 atom stereocenters. The number of amides is 4. The third kappa shape index (κ3) is 7.35. The first-order valence-electron chi connectivity index (χ1n) is 21.1. The Hall–Kier alpha value is -5.66. The Kier molecular flexibility index (Phi) is 9.99. The van der Waals surface area contributed by atoms with Gasteiger partial charge >= 0.3 is 12.2 Å². The van der Waals surface area contributed by atoms with Crippen LogP contribution in [0, 0.1) is 23.7 Å². The molecule has 59 heavy (non-hydrogen) atoms. The fourth-order valence-electron chi connectivity index (χ4n) is 9.81. The molecule has 0 spiro atoms. The molecule has 5 fully saturated rings. The van der Waals surface area contributed by atoms with Crippen molar-refractivity contribution in [1.82, 2.24) is 40.4 Å². The van der Waals surface area contributed by atoms with Gasteiger partial charge in [-0.15, -0.1) is 0 Å². The van der Waals surface area contributed by atoms with Gasteiger partial charge in [-0.2, -0.15) is 0 Å². The molecular formula is C45H54N8O6. The predicted molar refractivity (Wildman–Crippen MR) is 219 cm³/mol. The molecule has 14 heteroatoms. The summed E-state index contributed by atoms with van der Waals surface area (Å²) in [5, 5.41) is 5.49. The van der Waals surface area contributed by atoms with Crippen molar-refractivity contribution < 1.29 is 28.7 Å². The number of aromatic nitrogens is 4. The zero-order chi connectivity index (χ0) is 41.3. The van der Waals surface area contributed by atoms with Gasteiger partial charge in [-0.1, -0.05) is 76.2 Å². The number of imidazole rings is 2. The van der Waals surface area contributed by atoms with Gasteiger partial charge in [-0.3, -0.25) is 9.59 Å². The maximum Gasteiger partial charge on any atom is 0.407 e. The smallest absolute Gasteiger partial charge is 0.407 e. The van der Waals surface area contributed by atoms with E-state index < -0.39 is 24.3 Å². The average Bonchev–Trinajstić information content (AvgIpc) is 4.16. The molecule has 2 aliphatic heterocycles. The highest BCUT2D eigenvalue weighted by Crippen LogP contribution is 2.56. The second-order valence-corrected chi connectivity index (χ2v) is 17.9. The molecule has 2 aromatic carbocycles. The quantitative estimate of drug-likeness (QED) is 0.121. The number of aromatic amines is 2. The monoisotopic (exact) mass is 802 g/mol. The van der Waals surface area contributed by atoms with E-state index in [-0.39, 0.29) is 47.8 Å². The number of ether oxygens (including phenoxy) is 2. The van der Waals surface area contributed by atoms with E-state index in [0.29, 0.717) is 23.7 Å². The Morgan fingerprint density at radius 1 is 0.610 bits per heavy atom. The topological polar surface area (TPSA) is 175 Å². The van der Waals surface area contributed by atoms with Crippen LogP contribution < -0.4 is 10.6 Å². The van der Waals surface area contributed by atoms with Crippen LogP contribution in [0.3, 0.4) is 0 Å². The molecule has 0 bridgehead atoms. The number of rotatable bonds is 12. The van der Waals surface area contributed by atoms with E-state index in [1.54, 1.807) is 0 Å². The second-order valence-electron chi connectivity index (χ2n) is 17.9. The molecule has 4 aromatic rings. The number of piperidine rings is 2. The number of carbonyl (C=O) groups is 4. The number of alkyl carbamates (subject to hydrolysis) is 2. The van der Waals surface area contributed by atoms with E-state index in [9.17, 15) is 19.2 Å². The number of carbonyl (C=O) groups excluding carboxylic acids is 4. The molecule has 5 aliphatic rings. The zero-order valence-corrected chi connectivity index (χ0v) is 34.5. The molecular weight excluding hydrogens is 749 g/mol. The minimum atomic E-state index is -0.665. The first-order chi connectivity index (χ1) is 28.4. The van der Waals surface area contributed by atoms with Gasteiger partial charge in [0.25, 0.3) is 0 Å². The van der Waals surface area contributed by atoms with Crippen molar-refractivity contribution in [2.75, 3.05) is 14.2 Å². The number of hydrogen-bond donors (Lipinski definition) is 4. The highest BCUT2D eigenvalue weighted by Gasteiger charge is 2.57. The van der Waals surface area contributed by atoms with Crippen LogP contribution in [0.4, 0.5) is 9.59 Å². The summed E-state index contributed by atoms with van der Waals surface area (Å²) >= 11 is 0. The van der Waals surface area contributed by atoms with Gasteiger partial charge in [0.05, 0.1) is 50.1 Å². The molecule has 14 nitrogen and oxygen atoms in total. The summed E-state index contributed by atoms with van der Waals surface area (Å²) in [4.78, 5) is 72.1. The fraction of sp³-hybridized carbons (Fsp3) is 0.511.